The number of halogens is 1. The molecule has 0 spiro atoms. The maximum Gasteiger partial charge on any atom is 0.231 e. The number of carbonyl (C=O) groups excluding carboxylic acids is 1. The Morgan fingerprint density at radius 1 is 1.05 bits per heavy atom. The van der Waals surface area contributed by atoms with Gasteiger partial charge in [0.2, 0.25) is 5.91 Å². The fourth-order valence-corrected chi connectivity index (χ4v) is 2.63. The van der Waals surface area contributed by atoms with Crippen molar-refractivity contribution in [2.45, 2.75) is 12.8 Å². The number of hydrogen-bond acceptors (Lipinski definition) is 2. The van der Waals surface area contributed by atoms with Gasteiger partial charge in [0.15, 0.2) is 5.43 Å². The maximum absolute atomic E-state index is 12.5. The molecule has 110 valence electrons. The van der Waals surface area contributed by atoms with Crippen LogP contribution in [0, 0.1) is 0 Å². The largest absolute Gasteiger partial charge is 0.289 e. The van der Waals surface area contributed by atoms with Crippen molar-refractivity contribution in [1.29, 1.82) is 0 Å². The number of carbonyl (C=O) groups is 1. The van der Waals surface area contributed by atoms with E-state index >= 15 is 0 Å². The van der Waals surface area contributed by atoms with Crippen molar-refractivity contribution < 1.29 is 4.79 Å². The number of aromatic nitrogens is 1. The summed E-state index contributed by atoms with van der Waals surface area (Å²) in [5.74, 6) is -0.0591. The van der Waals surface area contributed by atoms with Crippen molar-refractivity contribution in [3.05, 3.63) is 81.6 Å². The molecule has 0 bridgehead atoms. The summed E-state index contributed by atoms with van der Waals surface area (Å²) in [7, 11) is 0. The first-order valence-corrected chi connectivity index (χ1v) is 7.41. The van der Waals surface area contributed by atoms with Crippen LogP contribution in [0.1, 0.15) is 16.8 Å². The number of pyridine rings is 1. The van der Waals surface area contributed by atoms with E-state index in [-0.39, 0.29) is 11.3 Å². The second-order valence-corrected chi connectivity index (χ2v) is 5.53. The number of fused-ring (bicyclic) bond motifs is 1. The molecule has 0 unspecified atom stereocenters. The molecule has 2 aromatic carbocycles. The standard InChI is InChI=1S/C18H14ClNO2/c19-14-7-8-15-16(12-14)20(11-10-17(15)21)18(22)9-6-13-4-2-1-3-5-13/h1-5,7-8,10-12H,6,9H2. The molecule has 3 nitrogen and oxygen atoms in total. The lowest BCUT2D eigenvalue weighted by molar-refractivity contribution is 0.0907. The van der Waals surface area contributed by atoms with Gasteiger partial charge in [0.25, 0.3) is 0 Å². The molecule has 0 radical (unpaired) electrons. The van der Waals surface area contributed by atoms with E-state index in [9.17, 15) is 9.59 Å². The summed E-state index contributed by atoms with van der Waals surface area (Å²) in [5, 5.41) is 1.00. The van der Waals surface area contributed by atoms with E-state index < -0.39 is 0 Å². The molecule has 3 rings (SSSR count). The highest BCUT2D eigenvalue weighted by molar-refractivity contribution is 6.31. The van der Waals surface area contributed by atoms with E-state index in [0.717, 1.165) is 5.56 Å². The van der Waals surface area contributed by atoms with E-state index in [0.29, 0.717) is 28.8 Å². The van der Waals surface area contributed by atoms with Gasteiger partial charge in [-0.2, -0.15) is 0 Å². The molecule has 1 aromatic heterocycles. The first-order valence-electron chi connectivity index (χ1n) is 7.03. The van der Waals surface area contributed by atoms with Gasteiger partial charge in [-0.3, -0.25) is 14.2 Å². The normalized spacial score (nSPS) is 10.8. The van der Waals surface area contributed by atoms with Gasteiger partial charge in [-0.1, -0.05) is 41.9 Å². The summed E-state index contributed by atoms with van der Waals surface area (Å²) in [5.41, 5.74) is 1.55. The fraction of sp³-hybridized carbons (Fsp3) is 0.111. The molecular weight excluding hydrogens is 298 g/mol. The van der Waals surface area contributed by atoms with Crippen LogP contribution in [0.2, 0.25) is 5.02 Å². The average Bonchev–Trinajstić information content (AvgIpc) is 2.54. The molecular formula is C18H14ClNO2. The summed E-state index contributed by atoms with van der Waals surface area (Å²) < 4.78 is 1.51. The third-order valence-corrected chi connectivity index (χ3v) is 3.83. The Kier molecular flexibility index (Phi) is 4.07. The van der Waals surface area contributed by atoms with E-state index in [2.05, 4.69) is 0 Å². The van der Waals surface area contributed by atoms with Gasteiger partial charge in [-0.05, 0) is 30.2 Å². The summed E-state index contributed by atoms with van der Waals surface area (Å²) in [6.45, 7) is 0. The smallest absolute Gasteiger partial charge is 0.231 e. The van der Waals surface area contributed by atoms with Gasteiger partial charge in [0.05, 0.1) is 5.52 Å². The lowest BCUT2D eigenvalue weighted by atomic mass is 10.1. The van der Waals surface area contributed by atoms with Gasteiger partial charge in [-0.15, -0.1) is 0 Å². The fourth-order valence-electron chi connectivity index (χ4n) is 2.46. The van der Waals surface area contributed by atoms with Crippen molar-refractivity contribution >= 4 is 28.4 Å². The van der Waals surface area contributed by atoms with Crippen LogP contribution in [-0.2, 0) is 6.42 Å². The van der Waals surface area contributed by atoms with E-state index in [1.54, 1.807) is 18.2 Å². The highest BCUT2D eigenvalue weighted by Crippen LogP contribution is 2.17. The SMILES string of the molecule is O=C(CCc1ccccc1)n1ccc(=O)c2ccc(Cl)cc21. The monoisotopic (exact) mass is 311 g/mol. The zero-order valence-electron chi connectivity index (χ0n) is 11.8. The molecule has 0 N–H and O–H groups in total. The van der Waals surface area contributed by atoms with Crippen molar-refractivity contribution in [1.82, 2.24) is 4.57 Å². The molecule has 0 aliphatic rings. The predicted octanol–water partition coefficient (Wildman–Crippen LogP) is 3.93. The third kappa shape index (κ3) is 2.95. The van der Waals surface area contributed by atoms with Gasteiger partial charge in [0, 0.05) is 29.1 Å². The van der Waals surface area contributed by atoms with Gasteiger partial charge in [-0.25, -0.2) is 0 Å². The predicted molar refractivity (Wildman–Crippen MR) is 88.6 cm³/mol. The highest BCUT2D eigenvalue weighted by Gasteiger charge is 2.10. The summed E-state index contributed by atoms with van der Waals surface area (Å²) in [4.78, 5) is 24.3. The van der Waals surface area contributed by atoms with Crippen LogP contribution in [-0.4, -0.2) is 10.5 Å². The molecule has 0 aliphatic carbocycles. The molecule has 4 heteroatoms. The summed E-state index contributed by atoms with van der Waals surface area (Å²) >= 11 is 5.99. The van der Waals surface area contributed by atoms with Crippen molar-refractivity contribution in [3.8, 4) is 0 Å². The Hall–Kier alpha value is -2.39. The lowest BCUT2D eigenvalue weighted by Crippen LogP contribution is -2.16. The molecule has 0 amide bonds. The Labute approximate surface area is 132 Å². The summed E-state index contributed by atoms with van der Waals surface area (Å²) in [6, 6.07) is 16.2. The summed E-state index contributed by atoms with van der Waals surface area (Å²) in [6.07, 6.45) is 2.55. The highest BCUT2D eigenvalue weighted by atomic mass is 35.5. The van der Waals surface area contributed by atoms with Crippen molar-refractivity contribution in [3.63, 3.8) is 0 Å². The molecule has 0 aliphatic heterocycles. The first kappa shape index (κ1) is 14.5. The number of hydrogen-bond donors (Lipinski definition) is 0. The van der Waals surface area contributed by atoms with Gasteiger partial charge < -0.3 is 0 Å². The number of rotatable bonds is 3. The topological polar surface area (TPSA) is 39.1 Å². The molecule has 0 saturated heterocycles. The Morgan fingerprint density at radius 3 is 2.59 bits per heavy atom. The van der Waals surface area contributed by atoms with Gasteiger partial charge in [0.1, 0.15) is 0 Å². The third-order valence-electron chi connectivity index (χ3n) is 3.60. The van der Waals surface area contributed by atoms with Crippen LogP contribution >= 0.6 is 11.6 Å². The lowest BCUT2D eigenvalue weighted by Gasteiger charge is -2.09. The van der Waals surface area contributed by atoms with Crippen LogP contribution in [0.3, 0.4) is 0 Å². The quantitative estimate of drug-likeness (QED) is 0.735. The van der Waals surface area contributed by atoms with E-state index in [1.165, 1.54) is 16.8 Å². The molecule has 0 saturated carbocycles. The van der Waals surface area contributed by atoms with Crippen LogP contribution < -0.4 is 5.43 Å². The van der Waals surface area contributed by atoms with E-state index in [1.807, 2.05) is 30.3 Å². The molecule has 22 heavy (non-hydrogen) atoms. The number of nitrogens with zero attached hydrogens (tertiary/aromatic N) is 1. The van der Waals surface area contributed by atoms with Crippen LogP contribution in [0.25, 0.3) is 10.9 Å². The molecule has 3 aromatic rings. The molecule has 0 atom stereocenters. The van der Waals surface area contributed by atoms with Crippen molar-refractivity contribution in [2.24, 2.45) is 0 Å². The van der Waals surface area contributed by atoms with Gasteiger partial charge >= 0.3 is 0 Å². The second-order valence-electron chi connectivity index (χ2n) is 5.09. The Balaban J connectivity index is 1.92. The zero-order chi connectivity index (χ0) is 15.5. The zero-order valence-corrected chi connectivity index (χ0v) is 12.6. The molecule has 0 fully saturated rings. The van der Waals surface area contributed by atoms with Crippen LogP contribution in [0.5, 0.6) is 0 Å². The minimum atomic E-state index is -0.112. The first-order chi connectivity index (χ1) is 10.6. The van der Waals surface area contributed by atoms with Crippen LogP contribution in [0.4, 0.5) is 0 Å². The average molecular weight is 312 g/mol. The number of aryl methyl sites for hydroxylation is 1. The van der Waals surface area contributed by atoms with E-state index in [4.69, 9.17) is 11.6 Å². The minimum absolute atomic E-state index is 0.0591. The Morgan fingerprint density at radius 2 is 1.82 bits per heavy atom. The van der Waals surface area contributed by atoms with Crippen LogP contribution in [0.15, 0.2) is 65.6 Å². The number of benzene rings is 2. The van der Waals surface area contributed by atoms with Crippen molar-refractivity contribution in [2.75, 3.05) is 0 Å². The second kappa shape index (κ2) is 6.16. The minimum Gasteiger partial charge on any atom is -0.289 e. The Bertz CT molecular complexity index is 884. The molecule has 1 heterocycles. The maximum atomic E-state index is 12.5.